The van der Waals surface area contributed by atoms with Gasteiger partial charge in [-0.25, -0.2) is 0 Å². The monoisotopic (exact) mass is 285 g/mol. The van der Waals surface area contributed by atoms with Crippen molar-refractivity contribution in [3.05, 3.63) is 29.6 Å². The minimum absolute atomic E-state index is 0.558. The van der Waals surface area contributed by atoms with E-state index in [4.69, 9.17) is 0 Å². The normalized spacial score (nSPS) is 35.1. The Morgan fingerprint density at radius 1 is 1.43 bits per heavy atom. The standard InChI is InChI=1S/C18H27N3/c1-18(2)15-6-5-13(16(18)10-15)11-21-9-3-4-14(12-21)17-7-8-19-20-17/h5,7-8,14-16H,3-4,6,9-12H2,1-2H3,(H,19,20)/t14?,15-,16-/m0/s1. The summed E-state index contributed by atoms with van der Waals surface area (Å²) in [5.41, 5.74) is 3.61. The molecule has 0 spiro atoms. The molecular weight excluding hydrogens is 258 g/mol. The lowest BCUT2D eigenvalue weighted by atomic mass is 9.49. The number of fused-ring (bicyclic) bond motifs is 1. The first-order valence-electron chi connectivity index (χ1n) is 8.55. The average Bonchev–Trinajstić information content (AvgIpc) is 3.02. The van der Waals surface area contributed by atoms with E-state index in [0.717, 1.165) is 11.8 Å². The molecular formula is C18H27N3. The number of piperidine rings is 1. The van der Waals surface area contributed by atoms with Crippen molar-refractivity contribution in [1.82, 2.24) is 15.1 Å². The van der Waals surface area contributed by atoms with Gasteiger partial charge in [-0.05, 0) is 55.5 Å². The number of hydrogen-bond donors (Lipinski definition) is 1. The van der Waals surface area contributed by atoms with Gasteiger partial charge in [0.1, 0.15) is 0 Å². The second kappa shape index (κ2) is 4.98. The van der Waals surface area contributed by atoms with Crippen LogP contribution in [-0.4, -0.2) is 34.7 Å². The van der Waals surface area contributed by atoms with E-state index in [1.807, 2.05) is 6.20 Å². The highest BCUT2D eigenvalue weighted by Gasteiger charge is 2.51. The van der Waals surface area contributed by atoms with E-state index < -0.39 is 0 Å². The van der Waals surface area contributed by atoms with Gasteiger partial charge in [-0.2, -0.15) is 5.10 Å². The Morgan fingerprint density at radius 2 is 2.33 bits per heavy atom. The third kappa shape index (κ3) is 2.26. The summed E-state index contributed by atoms with van der Waals surface area (Å²) in [6, 6.07) is 2.15. The van der Waals surface area contributed by atoms with Crippen molar-refractivity contribution in [3.8, 4) is 0 Å². The Kier molecular flexibility index (Phi) is 3.21. The van der Waals surface area contributed by atoms with E-state index >= 15 is 0 Å². The van der Waals surface area contributed by atoms with Gasteiger partial charge in [-0.3, -0.25) is 10.00 Å². The number of aromatic nitrogens is 2. The van der Waals surface area contributed by atoms with E-state index in [1.165, 1.54) is 51.0 Å². The molecule has 1 saturated heterocycles. The highest BCUT2D eigenvalue weighted by Crippen LogP contribution is 2.59. The van der Waals surface area contributed by atoms with Crippen molar-refractivity contribution in [2.75, 3.05) is 19.6 Å². The van der Waals surface area contributed by atoms with Gasteiger partial charge in [-0.1, -0.05) is 25.5 Å². The molecule has 0 radical (unpaired) electrons. The van der Waals surface area contributed by atoms with Crippen molar-refractivity contribution in [3.63, 3.8) is 0 Å². The van der Waals surface area contributed by atoms with E-state index in [1.54, 1.807) is 5.57 Å². The van der Waals surface area contributed by atoms with Crippen LogP contribution in [0.5, 0.6) is 0 Å². The smallest absolute Gasteiger partial charge is 0.0490 e. The predicted octanol–water partition coefficient (Wildman–Crippen LogP) is 3.58. The molecule has 1 aromatic rings. The number of nitrogens with one attached hydrogen (secondary N) is 1. The van der Waals surface area contributed by atoms with E-state index in [9.17, 15) is 0 Å². The Morgan fingerprint density at radius 3 is 3.05 bits per heavy atom. The molecule has 2 bridgehead atoms. The Bertz CT molecular complexity index is 529. The van der Waals surface area contributed by atoms with Gasteiger partial charge in [0, 0.05) is 30.9 Å². The van der Waals surface area contributed by atoms with Gasteiger partial charge >= 0.3 is 0 Å². The predicted molar refractivity (Wildman–Crippen MR) is 85.1 cm³/mol. The van der Waals surface area contributed by atoms with Crippen molar-refractivity contribution in [1.29, 1.82) is 0 Å². The van der Waals surface area contributed by atoms with Crippen LogP contribution in [0.15, 0.2) is 23.9 Å². The lowest BCUT2D eigenvalue weighted by molar-refractivity contribution is -0.0113. The number of rotatable bonds is 3. The quantitative estimate of drug-likeness (QED) is 0.861. The number of H-pyrrole nitrogens is 1. The van der Waals surface area contributed by atoms with Crippen LogP contribution in [0.1, 0.15) is 51.1 Å². The zero-order chi connectivity index (χ0) is 14.4. The third-order valence-corrected chi connectivity index (χ3v) is 6.46. The highest BCUT2D eigenvalue weighted by molar-refractivity contribution is 5.24. The van der Waals surface area contributed by atoms with Gasteiger partial charge in [0.05, 0.1) is 0 Å². The second-order valence-corrected chi connectivity index (χ2v) is 7.91. The summed E-state index contributed by atoms with van der Waals surface area (Å²) in [5.74, 6) is 2.45. The Balaban J connectivity index is 1.42. The molecule has 1 N–H and O–H groups in total. The summed E-state index contributed by atoms with van der Waals surface area (Å²) in [4.78, 5) is 2.68. The molecule has 1 aromatic heterocycles. The first kappa shape index (κ1) is 13.6. The second-order valence-electron chi connectivity index (χ2n) is 7.91. The van der Waals surface area contributed by atoms with Gasteiger partial charge in [0.25, 0.3) is 0 Å². The summed E-state index contributed by atoms with van der Waals surface area (Å²) in [5, 5.41) is 7.29. The molecule has 3 aliphatic carbocycles. The number of likely N-dealkylation sites (tertiary alicyclic amines) is 1. The van der Waals surface area contributed by atoms with Crippen LogP contribution in [0.4, 0.5) is 0 Å². The average molecular weight is 285 g/mol. The van der Waals surface area contributed by atoms with Crippen LogP contribution >= 0.6 is 0 Å². The minimum Gasteiger partial charge on any atom is -0.299 e. The molecule has 1 aliphatic heterocycles. The summed E-state index contributed by atoms with van der Waals surface area (Å²) < 4.78 is 0. The maximum absolute atomic E-state index is 4.12. The fourth-order valence-electron chi connectivity index (χ4n) is 4.86. The zero-order valence-electron chi connectivity index (χ0n) is 13.3. The molecule has 0 amide bonds. The van der Waals surface area contributed by atoms with Crippen LogP contribution in [0.2, 0.25) is 0 Å². The molecule has 3 heteroatoms. The van der Waals surface area contributed by atoms with Crippen molar-refractivity contribution < 1.29 is 0 Å². The molecule has 2 fully saturated rings. The number of hydrogen-bond acceptors (Lipinski definition) is 2. The maximum Gasteiger partial charge on any atom is 0.0490 e. The van der Waals surface area contributed by atoms with Crippen LogP contribution < -0.4 is 0 Å². The van der Waals surface area contributed by atoms with E-state index in [-0.39, 0.29) is 0 Å². The minimum atomic E-state index is 0.558. The summed E-state index contributed by atoms with van der Waals surface area (Å²) in [6.07, 6.45) is 9.81. The van der Waals surface area contributed by atoms with E-state index in [0.29, 0.717) is 11.3 Å². The largest absolute Gasteiger partial charge is 0.299 e. The molecule has 2 heterocycles. The van der Waals surface area contributed by atoms with Crippen LogP contribution in [-0.2, 0) is 0 Å². The molecule has 1 saturated carbocycles. The lowest BCUT2D eigenvalue weighted by Crippen LogP contribution is -2.50. The number of aromatic amines is 1. The lowest BCUT2D eigenvalue weighted by Gasteiger charge is -2.57. The fourth-order valence-corrected chi connectivity index (χ4v) is 4.86. The summed E-state index contributed by atoms with van der Waals surface area (Å²) >= 11 is 0. The number of allylic oxidation sites excluding steroid dienone is 1. The van der Waals surface area contributed by atoms with Crippen LogP contribution in [0.25, 0.3) is 0 Å². The van der Waals surface area contributed by atoms with E-state index in [2.05, 4.69) is 41.1 Å². The number of nitrogens with zero attached hydrogens (tertiary/aromatic N) is 2. The van der Waals surface area contributed by atoms with Crippen molar-refractivity contribution in [2.24, 2.45) is 17.3 Å². The molecule has 21 heavy (non-hydrogen) atoms. The topological polar surface area (TPSA) is 31.9 Å². The molecule has 4 aliphatic rings. The third-order valence-electron chi connectivity index (χ3n) is 6.46. The van der Waals surface area contributed by atoms with Gasteiger partial charge in [0.15, 0.2) is 0 Å². The fraction of sp³-hybridized carbons (Fsp3) is 0.722. The zero-order valence-corrected chi connectivity index (χ0v) is 13.3. The van der Waals surface area contributed by atoms with Crippen molar-refractivity contribution in [2.45, 2.75) is 45.4 Å². The molecule has 5 rings (SSSR count). The molecule has 3 atom stereocenters. The van der Waals surface area contributed by atoms with Crippen LogP contribution in [0, 0.1) is 17.3 Å². The maximum atomic E-state index is 4.12. The molecule has 3 nitrogen and oxygen atoms in total. The van der Waals surface area contributed by atoms with Gasteiger partial charge < -0.3 is 0 Å². The first-order chi connectivity index (χ1) is 10.1. The van der Waals surface area contributed by atoms with Gasteiger partial charge in [0.2, 0.25) is 0 Å². The summed E-state index contributed by atoms with van der Waals surface area (Å²) in [7, 11) is 0. The first-order valence-corrected chi connectivity index (χ1v) is 8.55. The SMILES string of the molecule is CC1(C)[C@H]2CC=C(CN3CCCC(c4ccn[nH]4)C3)[C@@H]1C2. The van der Waals surface area contributed by atoms with Gasteiger partial charge in [-0.15, -0.1) is 0 Å². The van der Waals surface area contributed by atoms with Crippen LogP contribution in [0.3, 0.4) is 0 Å². The molecule has 114 valence electrons. The van der Waals surface area contributed by atoms with Crippen molar-refractivity contribution >= 4 is 0 Å². The Labute approximate surface area is 127 Å². The highest BCUT2D eigenvalue weighted by atomic mass is 15.1. The summed E-state index contributed by atoms with van der Waals surface area (Å²) in [6.45, 7) is 8.60. The molecule has 0 aromatic carbocycles. The molecule has 1 unspecified atom stereocenters. The Hall–Kier alpha value is -1.09.